The Balaban J connectivity index is 4.28. The predicted octanol–water partition coefficient (Wildman–Crippen LogP) is 1.63. The van der Waals surface area contributed by atoms with Gasteiger partial charge in [0.15, 0.2) is 0 Å². The molecule has 0 radical (unpaired) electrons. The molecule has 0 aromatic rings. The summed E-state index contributed by atoms with van der Waals surface area (Å²) in [7, 11) is 0. The van der Waals surface area contributed by atoms with Crippen molar-refractivity contribution >= 4 is 0 Å². The lowest BCUT2D eigenvalue weighted by atomic mass is 9.92. The van der Waals surface area contributed by atoms with E-state index in [2.05, 4.69) is 0 Å². The minimum atomic E-state index is -1.12. The topological polar surface area (TPSA) is 90.7 Å². The lowest BCUT2D eigenvalue weighted by Gasteiger charge is -2.17. The zero-order chi connectivity index (χ0) is 10.3. The van der Waals surface area contributed by atoms with Crippen LogP contribution >= 0.6 is 0 Å². The van der Waals surface area contributed by atoms with Crippen LogP contribution in [0.3, 0.4) is 0 Å². The van der Waals surface area contributed by atoms with Gasteiger partial charge in [0, 0.05) is 37.5 Å². The molecule has 0 bridgehead atoms. The summed E-state index contributed by atoms with van der Waals surface area (Å²) in [6.45, 7) is 1.47. The van der Waals surface area contributed by atoms with Crippen molar-refractivity contribution in [2.24, 2.45) is 0 Å². The molecule has 0 heterocycles. The molecule has 0 aliphatic carbocycles. The highest BCUT2D eigenvalue weighted by Crippen LogP contribution is 2.22. The molecule has 0 spiro atoms. The van der Waals surface area contributed by atoms with E-state index in [4.69, 9.17) is 10.5 Å². The lowest BCUT2D eigenvalue weighted by molar-refractivity contribution is -0.567. The van der Waals surface area contributed by atoms with Gasteiger partial charge in [0.2, 0.25) is 5.54 Å². The van der Waals surface area contributed by atoms with E-state index in [9.17, 15) is 10.1 Å². The summed E-state index contributed by atoms with van der Waals surface area (Å²) in [6.07, 6.45) is 0.724. The Morgan fingerprint density at radius 1 is 1.31 bits per heavy atom. The summed E-state index contributed by atoms with van der Waals surface area (Å²) in [5, 5.41) is 27.2. The van der Waals surface area contributed by atoms with Crippen molar-refractivity contribution in [1.29, 1.82) is 10.5 Å². The van der Waals surface area contributed by atoms with Crippen LogP contribution < -0.4 is 0 Å². The summed E-state index contributed by atoms with van der Waals surface area (Å²) in [4.78, 5) is 10.2. The number of nitro groups is 1. The Morgan fingerprint density at radius 2 is 1.69 bits per heavy atom. The summed E-state index contributed by atoms with van der Waals surface area (Å²) >= 11 is 0. The first-order valence-electron chi connectivity index (χ1n) is 3.95. The van der Waals surface area contributed by atoms with Crippen molar-refractivity contribution in [3.8, 4) is 12.1 Å². The molecule has 0 aromatic carbocycles. The van der Waals surface area contributed by atoms with Gasteiger partial charge in [-0.2, -0.15) is 10.5 Å². The molecule has 0 N–H and O–H groups in total. The standard InChI is InChI=1S/C8H11N3O2/c1-8(11(12)13,4-2-6-9)5-3-7-10/h2-5H2,1H3. The molecule has 0 atom stereocenters. The van der Waals surface area contributed by atoms with Crippen molar-refractivity contribution in [3.05, 3.63) is 10.1 Å². The van der Waals surface area contributed by atoms with Gasteiger partial charge < -0.3 is 0 Å². The molecule has 0 amide bonds. The third kappa shape index (κ3) is 3.53. The molecular weight excluding hydrogens is 170 g/mol. The van der Waals surface area contributed by atoms with Gasteiger partial charge in [-0.3, -0.25) is 10.1 Å². The first-order valence-corrected chi connectivity index (χ1v) is 3.95. The van der Waals surface area contributed by atoms with Crippen molar-refractivity contribution in [2.75, 3.05) is 0 Å². The van der Waals surface area contributed by atoms with E-state index in [1.54, 1.807) is 0 Å². The highest BCUT2D eigenvalue weighted by molar-refractivity contribution is 4.84. The maximum absolute atomic E-state index is 10.6. The normalized spacial score (nSPS) is 10.1. The second kappa shape index (κ2) is 5.10. The molecule has 70 valence electrons. The molecule has 0 fully saturated rings. The average Bonchev–Trinajstić information content (AvgIpc) is 2.11. The second-order valence-corrected chi connectivity index (χ2v) is 3.07. The minimum absolute atomic E-state index is 0.156. The smallest absolute Gasteiger partial charge is 0.221 e. The van der Waals surface area contributed by atoms with Crippen molar-refractivity contribution < 1.29 is 4.92 Å². The van der Waals surface area contributed by atoms with E-state index in [-0.39, 0.29) is 25.7 Å². The number of hydrogen-bond acceptors (Lipinski definition) is 4. The molecule has 0 rings (SSSR count). The van der Waals surface area contributed by atoms with Gasteiger partial charge >= 0.3 is 0 Å². The molecule has 0 saturated heterocycles. The van der Waals surface area contributed by atoms with Crippen LogP contribution in [0, 0.1) is 32.8 Å². The van der Waals surface area contributed by atoms with E-state index < -0.39 is 10.5 Å². The van der Waals surface area contributed by atoms with Crippen molar-refractivity contribution in [2.45, 2.75) is 38.1 Å². The largest absolute Gasteiger partial charge is 0.264 e. The van der Waals surface area contributed by atoms with Gasteiger partial charge in [0.1, 0.15) is 0 Å². The predicted molar refractivity (Wildman–Crippen MR) is 45.1 cm³/mol. The Bertz CT molecular complexity index is 244. The van der Waals surface area contributed by atoms with Gasteiger partial charge in [-0.1, -0.05) is 0 Å². The quantitative estimate of drug-likeness (QED) is 0.476. The first kappa shape index (κ1) is 11.4. The molecule has 0 unspecified atom stereocenters. The summed E-state index contributed by atoms with van der Waals surface area (Å²) in [5.41, 5.74) is -1.12. The summed E-state index contributed by atoms with van der Waals surface area (Å²) < 4.78 is 0. The van der Waals surface area contributed by atoms with E-state index in [0.29, 0.717) is 0 Å². The van der Waals surface area contributed by atoms with Crippen molar-refractivity contribution in [1.82, 2.24) is 0 Å². The molecule has 0 saturated carbocycles. The Hall–Kier alpha value is -1.62. The minimum Gasteiger partial charge on any atom is -0.264 e. The number of nitriles is 2. The summed E-state index contributed by atoms with van der Waals surface area (Å²) in [6, 6.07) is 3.73. The van der Waals surface area contributed by atoms with Crippen molar-refractivity contribution in [3.63, 3.8) is 0 Å². The van der Waals surface area contributed by atoms with Gasteiger partial charge in [-0.05, 0) is 0 Å². The molecule has 0 aromatic heterocycles. The van der Waals surface area contributed by atoms with E-state index in [1.165, 1.54) is 6.92 Å². The Morgan fingerprint density at radius 3 is 1.92 bits per heavy atom. The van der Waals surface area contributed by atoms with Gasteiger partial charge in [0.05, 0.1) is 12.1 Å². The summed E-state index contributed by atoms with van der Waals surface area (Å²) in [5.74, 6) is 0. The maximum Gasteiger partial charge on any atom is 0.221 e. The number of rotatable bonds is 5. The first-order chi connectivity index (χ1) is 6.06. The van der Waals surface area contributed by atoms with E-state index >= 15 is 0 Å². The van der Waals surface area contributed by atoms with Crippen LogP contribution in [0.5, 0.6) is 0 Å². The maximum atomic E-state index is 10.6. The van der Waals surface area contributed by atoms with Crippen LogP contribution in [-0.2, 0) is 0 Å². The monoisotopic (exact) mass is 181 g/mol. The zero-order valence-corrected chi connectivity index (χ0v) is 7.49. The fourth-order valence-electron chi connectivity index (χ4n) is 0.958. The molecule has 0 aliphatic heterocycles. The van der Waals surface area contributed by atoms with Crippen LogP contribution in [0.2, 0.25) is 0 Å². The highest BCUT2D eigenvalue weighted by Gasteiger charge is 2.35. The van der Waals surface area contributed by atoms with Crippen LogP contribution in [0.4, 0.5) is 0 Å². The molecule has 5 nitrogen and oxygen atoms in total. The Kier molecular flexibility index (Phi) is 4.47. The molecule has 5 heteroatoms. The molecular formula is C8H11N3O2. The average molecular weight is 181 g/mol. The van der Waals surface area contributed by atoms with E-state index in [0.717, 1.165) is 0 Å². The highest BCUT2D eigenvalue weighted by atomic mass is 16.6. The van der Waals surface area contributed by atoms with Crippen LogP contribution in [0.1, 0.15) is 32.6 Å². The third-order valence-corrected chi connectivity index (χ3v) is 1.99. The van der Waals surface area contributed by atoms with Gasteiger partial charge in [0.25, 0.3) is 0 Å². The SMILES string of the molecule is CC(CCC#N)(CCC#N)[N+](=O)[O-]. The third-order valence-electron chi connectivity index (χ3n) is 1.99. The van der Waals surface area contributed by atoms with E-state index in [1.807, 2.05) is 12.1 Å². The van der Waals surface area contributed by atoms with Gasteiger partial charge in [-0.25, -0.2) is 0 Å². The van der Waals surface area contributed by atoms with Crippen LogP contribution in [-0.4, -0.2) is 10.5 Å². The molecule has 13 heavy (non-hydrogen) atoms. The fraction of sp³-hybridized carbons (Fsp3) is 0.750. The second-order valence-electron chi connectivity index (χ2n) is 3.07. The lowest BCUT2D eigenvalue weighted by Crippen LogP contribution is -2.34. The zero-order valence-electron chi connectivity index (χ0n) is 7.49. The Labute approximate surface area is 76.7 Å². The van der Waals surface area contributed by atoms with Crippen LogP contribution in [0.25, 0.3) is 0 Å². The fourth-order valence-corrected chi connectivity index (χ4v) is 0.958. The van der Waals surface area contributed by atoms with Gasteiger partial charge in [-0.15, -0.1) is 0 Å². The van der Waals surface area contributed by atoms with Crippen LogP contribution in [0.15, 0.2) is 0 Å². The number of hydrogen-bond donors (Lipinski definition) is 0. The molecule has 0 aliphatic rings. The number of nitrogens with zero attached hydrogens (tertiary/aromatic N) is 3.